The molecule has 0 fully saturated rings. The minimum absolute atomic E-state index is 0.0425. The number of nitriles is 1. The molecular weight excluding hydrogens is 234 g/mol. The molecule has 1 amide bonds. The van der Waals surface area contributed by atoms with Crippen molar-refractivity contribution in [3.05, 3.63) is 39.9 Å². The highest BCUT2D eigenvalue weighted by Gasteiger charge is 2.20. The fourth-order valence-corrected chi connectivity index (χ4v) is 1.48. The van der Waals surface area contributed by atoms with E-state index in [9.17, 15) is 14.9 Å². The molecule has 0 aliphatic rings. The van der Waals surface area contributed by atoms with E-state index in [0.29, 0.717) is 0 Å². The molecule has 0 saturated heterocycles. The first-order chi connectivity index (χ1) is 8.47. The minimum Gasteiger partial charge on any atom is -0.323 e. The van der Waals surface area contributed by atoms with Gasteiger partial charge in [-0.1, -0.05) is 6.07 Å². The highest BCUT2D eigenvalue weighted by atomic mass is 16.6. The normalized spacial score (nSPS) is 9.89. The van der Waals surface area contributed by atoms with Crippen molar-refractivity contribution in [3.8, 4) is 6.07 Å². The maximum Gasteiger partial charge on any atom is 0.270 e. The molecule has 0 N–H and O–H groups in total. The first-order valence-electron chi connectivity index (χ1n) is 5.39. The van der Waals surface area contributed by atoms with Crippen molar-refractivity contribution >= 4 is 11.6 Å². The van der Waals surface area contributed by atoms with Crippen molar-refractivity contribution < 1.29 is 9.72 Å². The number of carbonyl (C=O) groups excluding carboxylic acids is 1. The van der Waals surface area contributed by atoms with E-state index in [4.69, 9.17) is 5.26 Å². The molecule has 1 rings (SSSR count). The quantitative estimate of drug-likeness (QED) is 0.462. The van der Waals surface area contributed by atoms with Gasteiger partial charge in [-0.3, -0.25) is 14.9 Å². The third-order valence-corrected chi connectivity index (χ3v) is 2.43. The molecule has 1 aromatic rings. The predicted molar refractivity (Wildman–Crippen MR) is 64.9 cm³/mol. The fraction of sp³-hybridized carbons (Fsp3) is 0.333. The van der Waals surface area contributed by atoms with Crippen LogP contribution in [0.5, 0.6) is 0 Å². The zero-order valence-electron chi connectivity index (χ0n) is 10.2. The van der Waals surface area contributed by atoms with Crippen LogP contribution in [-0.2, 0) is 0 Å². The SMILES string of the molecule is CC(C)N(CC#N)C(=O)c1cccc([N+](=O)[O-])c1. The van der Waals surface area contributed by atoms with E-state index in [1.807, 2.05) is 6.07 Å². The van der Waals surface area contributed by atoms with Gasteiger partial charge in [0.15, 0.2) is 0 Å². The van der Waals surface area contributed by atoms with Crippen LogP contribution in [-0.4, -0.2) is 28.3 Å². The molecule has 0 aliphatic heterocycles. The van der Waals surface area contributed by atoms with Crippen molar-refractivity contribution in [2.24, 2.45) is 0 Å². The van der Waals surface area contributed by atoms with Crippen LogP contribution in [0.3, 0.4) is 0 Å². The van der Waals surface area contributed by atoms with E-state index in [0.717, 1.165) is 0 Å². The molecule has 0 atom stereocenters. The van der Waals surface area contributed by atoms with Crippen LogP contribution in [0.2, 0.25) is 0 Å². The molecule has 0 heterocycles. The molecule has 0 saturated carbocycles. The summed E-state index contributed by atoms with van der Waals surface area (Å²) in [4.78, 5) is 23.5. The molecule has 0 aromatic heterocycles. The molecule has 0 spiro atoms. The maximum absolute atomic E-state index is 12.1. The lowest BCUT2D eigenvalue weighted by Crippen LogP contribution is -2.37. The molecule has 94 valence electrons. The summed E-state index contributed by atoms with van der Waals surface area (Å²) in [6, 6.07) is 7.26. The summed E-state index contributed by atoms with van der Waals surface area (Å²) < 4.78 is 0. The van der Waals surface area contributed by atoms with E-state index >= 15 is 0 Å². The summed E-state index contributed by atoms with van der Waals surface area (Å²) in [6.07, 6.45) is 0. The zero-order valence-corrected chi connectivity index (χ0v) is 10.2. The van der Waals surface area contributed by atoms with Gasteiger partial charge in [-0.05, 0) is 19.9 Å². The van der Waals surface area contributed by atoms with Gasteiger partial charge in [-0.25, -0.2) is 0 Å². The van der Waals surface area contributed by atoms with Crippen molar-refractivity contribution in [2.75, 3.05) is 6.54 Å². The Labute approximate surface area is 105 Å². The first-order valence-corrected chi connectivity index (χ1v) is 5.39. The minimum atomic E-state index is -0.555. The van der Waals surface area contributed by atoms with Crippen LogP contribution in [0.1, 0.15) is 24.2 Å². The number of nitrogens with zero attached hydrogens (tertiary/aromatic N) is 3. The molecule has 6 heteroatoms. The van der Waals surface area contributed by atoms with Crippen LogP contribution in [0.15, 0.2) is 24.3 Å². The summed E-state index contributed by atoms with van der Waals surface area (Å²) >= 11 is 0. The second kappa shape index (κ2) is 5.77. The zero-order chi connectivity index (χ0) is 13.7. The second-order valence-corrected chi connectivity index (χ2v) is 3.99. The van der Waals surface area contributed by atoms with Gasteiger partial charge in [-0.2, -0.15) is 5.26 Å². The van der Waals surface area contributed by atoms with Gasteiger partial charge < -0.3 is 4.90 Å². The number of amides is 1. The van der Waals surface area contributed by atoms with Gasteiger partial charge in [0.2, 0.25) is 0 Å². The van der Waals surface area contributed by atoms with Gasteiger partial charge in [0, 0.05) is 23.7 Å². The lowest BCUT2D eigenvalue weighted by molar-refractivity contribution is -0.384. The Balaban J connectivity index is 3.06. The Morgan fingerprint density at radius 3 is 2.72 bits per heavy atom. The standard InChI is InChI=1S/C12H13N3O3/c1-9(2)14(7-6-13)12(16)10-4-3-5-11(8-10)15(17)18/h3-5,8-9H,7H2,1-2H3. The van der Waals surface area contributed by atoms with Crippen LogP contribution >= 0.6 is 0 Å². The lowest BCUT2D eigenvalue weighted by atomic mass is 10.1. The van der Waals surface area contributed by atoms with E-state index < -0.39 is 4.92 Å². The number of non-ortho nitro benzene ring substituents is 1. The third-order valence-electron chi connectivity index (χ3n) is 2.43. The van der Waals surface area contributed by atoms with Crippen LogP contribution in [0.25, 0.3) is 0 Å². The summed E-state index contributed by atoms with van der Waals surface area (Å²) in [6.45, 7) is 3.53. The van der Waals surface area contributed by atoms with Gasteiger partial charge in [0.05, 0.1) is 11.0 Å². The summed E-state index contributed by atoms with van der Waals surface area (Å²) in [5.74, 6) is -0.379. The monoisotopic (exact) mass is 247 g/mol. The van der Waals surface area contributed by atoms with Crippen molar-refractivity contribution in [1.82, 2.24) is 4.90 Å². The third kappa shape index (κ3) is 3.04. The molecular formula is C12H13N3O3. The number of carbonyl (C=O) groups is 1. The first kappa shape index (κ1) is 13.6. The predicted octanol–water partition coefficient (Wildman–Crippen LogP) is 1.97. The summed E-state index contributed by atoms with van der Waals surface area (Å²) in [5.41, 5.74) is 0.0784. The van der Waals surface area contributed by atoms with E-state index in [2.05, 4.69) is 0 Å². The summed E-state index contributed by atoms with van der Waals surface area (Å²) in [7, 11) is 0. The lowest BCUT2D eigenvalue weighted by Gasteiger charge is -2.23. The Morgan fingerprint density at radius 2 is 2.22 bits per heavy atom. The van der Waals surface area contributed by atoms with Gasteiger partial charge in [-0.15, -0.1) is 0 Å². The van der Waals surface area contributed by atoms with Gasteiger partial charge in [0.1, 0.15) is 6.54 Å². The Kier molecular flexibility index (Phi) is 4.38. The van der Waals surface area contributed by atoms with E-state index in [-0.39, 0.29) is 29.7 Å². The number of hydrogen-bond donors (Lipinski definition) is 0. The van der Waals surface area contributed by atoms with E-state index in [1.54, 1.807) is 13.8 Å². The summed E-state index contributed by atoms with van der Waals surface area (Å²) in [5, 5.41) is 19.3. The number of rotatable bonds is 4. The Hall–Kier alpha value is -2.42. The highest BCUT2D eigenvalue weighted by molar-refractivity contribution is 5.95. The largest absolute Gasteiger partial charge is 0.323 e. The second-order valence-electron chi connectivity index (χ2n) is 3.99. The Bertz CT molecular complexity index is 506. The molecule has 0 bridgehead atoms. The Morgan fingerprint density at radius 1 is 1.56 bits per heavy atom. The molecule has 1 aromatic carbocycles. The van der Waals surface area contributed by atoms with Gasteiger partial charge in [0.25, 0.3) is 11.6 Å². The number of nitro groups is 1. The molecule has 18 heavy (non-hydrogen) atoms. The maximum atomic E-state index is 12.1. The van der Waals surface area contributed by atoms with Crippen molar-refractivity contribution in [1.29, 1.82) is 5.26 Å². The highest BCUT2D eigenvalue weighted by Crippen LogP contribution is 2.15. The molecule has 0 radical (unpaired) electrons. The molecule has 0 unspecified atom stereocenters. The van der Waals surface area contributed by atoms with Crippen LogP contribution in [0, 0.1) is 21.4 Å². The molecule has 6 nitrogen and oxygen atoms in total. The van der Waals surface area contributed by atoms with Gasteiger partial charge >= 0.3 is 0 Å². The number of hydrogen-bond acceptors (Lipinski definition) is 4. The number of benzene rings is 1. The smallest absolute Gasteiger partial charge is 0.270 e. The van der Waals surface area contributed by atoms with Crippen molar-refractivity contribution in [3.63, 3.8) is 0 Å². The average Bonchev–Trinajstić information content (AvgIpc) is 2.35. The van der Waals surface area contributed by atoms with E-state index in [1.165, 1.54) is 29.2 Å². The van der Waals surface area contributed by atoms with Crippen molar-refractivity contribution in [2.45, 2.75) is 19.9 Å². The van der Waals surface area contributed by atoms with Crippen LogP contribution in [0.4, 0.5) is 5.69 Å². The number of nitro benzene ring substituents is 1. The van der Waals surface area contributed by atoms with Crippen LogP contribution < -0.4 is 0 Å². The molecule has 0 aliphatic carbocycles. The average molecular weight is 247 g/mol. The fourth-order valence-electron chi connectivity index (χ4n) is 1.48. The topological polar surface area (TPSA) is 87.2 Å².